The number of hydrogen-bond donors (Lipinski definition) is 1. The second-order valence-corrected chi connectivity index (χ2v) is 5.14. The van der Waals surface area contributed by atoms with E-state index in [1.54, 1.807) is 7.11 Å². The lowest BCUT2D eigenvalue weighted by Crippen LogP contribution is -2.27. The Morgan fingerprint density at radius 3 is 2.24 bits per heavy atom. The van der Waals surface area contributed by atoms with Crippen molar-refractivity contribution in [2.45, 2.75) is 25.9 Å². The Bertz CT molecular complexity index is 597. The predicted molar refractivity (Wildman–Crippen MR) is 84.2 cm³/mol. The number of nitrogens with one attached hydrogen (secondary N) is 1. The summed E-state index contributed by atoms with van der Waals surface area (Å²) in [6.07, 6.45) is 0.972. The van der Waals surface area contributed by atoms with Crippen LogP contribution in [0.25, 0.3) is 0 Å². The summed E-state index contributed by atoms with van der Waals surface area (Å²) in [5.74, 6) is 0.886. The van der Waals surface area contributed by atoms with E-state index in [0.29, 0.717) is 11.6 Å². The molecule has 2 aromatic rings. The molecule has 0 amide bonds. The van der Waals surface area contributed by atoms with E-state index in [1.165, 1.54) is 11.1 Å². The highest BCUT2D eigenvalue weighted by Crippen LogP contribution is 2.13. The Hall–Kier alpha value is -2.31. The topological polar surface area (TPSA) is 45.0 Å². The van der Waals surface area contributed by atoms with Gasteiger partial charge >= 0.3 is 0 Å². The minimum atomic E-state index is 0.383. The lowest BCUT2D eigenvalue weighted by Gasteiger charge is -2.14. The molecule has 0 radical (unpaired) electrons. The second-order valence-electron chi connectivity index (χ2n) is 5.14. The second kappa shape index (κ2) is 7.47. The first-order chi connectivity index (χ1) is 10.2. The van der Waals surface area contributed by atoms with Crippen LogP contribution in [0.4, 0.5) is 0 Å². The van der Waals surface area contributed by atoms with Gasteiger partial charge < -0.3 is 10.1 Å². The van der Waals surface area contributed by atoms with Gasteiger partial charge in [-0.25, -0.2) is 0 Å². The first kappa shape index (κ1) is 15.1. The van der Waals surface area contributed by atoms with Crippen molar-refractivity contribution < 1.29 is 4.74 Å². The summed E-state index contributed by atoms with van der Waals surface area (Å²) < 4.78 is 5.16. The summed E-state index contributed by atoms with van der Waals surface area (Å²) in [5.41, 5.74) is 3.18. The molecule has 1 N–H and O–H groups in total. The standard InChI is InChI=1S/C18H20N2O/c1-14(11-15-7-9-18(21-2)10-8-15)20-13-17-5-3-16(12-19)4-6-17/h3-10,14,20H,11,13H2,1-2H3. The fraction of sp³-hybridized carbons (Fsp3) is 0.278. The van der Waals surface area contributed by atoms with Crippen LogP contribution in [0.15, 0.2) is 48.5 Å². The van der Waals surface area contributed by atoms with Crippen LogP contribution in [0.5, 0.6) is 5.75 Å². The molecule has 1 atom stereocenters. The molecule has 0 saturated carbocycles. The monoisotopic (exact) mass is 280 g/mol. The van der Waals surface area contributed by atoms with Crippen molar-refractivity contribution in [2.24, 2.45) is 0 Å². The van der Waals surface area contributed by atoms with Gasteiger partial charge in [0.15, 0.2) is 0 Å². The molecule has 0 aliphatic rings. The van der Waals surface area contributed by atoms with E-state index in [4.69, 9.17) is 10.00 Å². The van der Waals surface area contributed by atoms with Crippen LogP contribution in [0.1, 0.15) is 23.6 Å². The van der Waals surface area contributed by atoms with Gasteiger partial charge in [-0.05, 0) is 48.7 Å². The lowest BCUT2D eigenvalue weighted by molar-refractivity contribution is 0.414. The molecule has 0 fully saturated rings. The highest BCUT2D eigenvalue weighted by Gasteiger charge is 2.04. The maximum absolute atomic E-state index is 8.77. The van der Waals surface area contributed by atoms with Crippen molar-refractivity contribution >= 4 is 0 Å². The Morgan fingerprint density at radius 2 is 1.67 bits per heavy atom. The van der Waals surface area contributed by atoms with Crippen molar-refractivity contribution in [2.75, 3.05) is 7.11 Å². The largest absolute Gasteiger partial charge is 0.497 e. The van der Waals surface area contributed by atoms with E-state index in [9.17, 15) is 0 Å². The summed E-state index contributed by atoms with van der Waals surface area (Å²) in [7, 11) is 1.68. The number of nitriles is 1. The Morgan fingerprint density at radius 1 is 1.05 bits per heavy atom. The van der Waals surface area contributed by atoms with E-state index >= 15 is 0 Å². The zero-order valence-electron chi connectivity index (χ0n) is 12.5. The van der Waals surface area contributed by atoms with Crippen LogP contribution >= 0.6 is 0 Å². The minimum Gasteiger partial charge on any atom is -0.497 e. The fourth-order valence-electron chi connectivity index (χ4n) is 2.18. The molecule has 2 aromatic carbocycles. The third kappa shape index (κ3) is 4.62. The molecular formula is C18H20N2O. The van der Waals surface area contributed by atoms with Gasteiger partial charge in [0.05, 0.1) is 18.7 Å². The van der Waals surface area contributed by atoms with Crippen molar-refractivity contribution in [1.29, 1.82) is 5.26 Å². The van der Waals surface area contributed by atoms with Crippen LogP contribution in [0.2, 0.25) is 0 Å². The van der Waals surface area contributed by atoms with E-state index in [-0.39, 0.29) is 0 Å². The summed E-state index contributed by atoms with van der Waals surface area (Å²) in [5, 5.41) is 12.3. The molecule has 3 nitrogen and oxygen atoms in total. The van der Waals surface area contributed by atoms with Crippen LogP contribution in [0, 0.1) is 11.3 Å². The van der Waals surface area contributed by atoms with Gasteiger partial charge in [-0.15, -0.1) is 0 Å². The summed E-state index contributed by atoms with van der Waals surface area (Å²) >= 11 is 0. The van der Waals surface area contributed by atoms with E-state index in [0.717, 1.165) is 18.7 Å². The highest BCUT2D eigenvalue weighted by atomic mass is 16.5. The average Bonchev–Trinajstić information content (AvgIpc) is 2.54. The summed E-state index contributed by atoms with van der Waals surface area (Å²) in [6, 6.07) is 18.4. The average molecular weight is 280 g/mol. The van der Waals surface area contributed by atoms with Gasteiger partial charge in [0.2, 0.25) is 0 Å². The molecule has 0 aromatic heterocycles. The third-order valence-corrected chi connectivity index (χ3v) is 3.44. The van der Waals surface area contributed by atoms with Gasteiger partial charge in [0, 0.05) is 12.6 Å². The Balaban J connectivity index is 1.83. The molecule has 2 rings (SSSR count). The number of nitrogens with zero attached hydrogens (tertiary/aromatic N) is 1. The van der Waals surface area contributed by atoms with E-state index < -0.39 is 0 Å². The van der Waals surface area contributed by atoms with Crippen LogP contribution < -0.4 is 10.1 Å². The van der Waals surface area contributed by atoms with Gasteiger partial charge in [-0.2, -0.15) is 5.26 Å². The molecule has 0 saturated heterocycles. The maximum Gasteiger partial charge on any atom is 0.118 e. The summed E-state index contributed by atoms with van der Waals surface area (Å²) in [6.45, 7) is 2.98. The van der Waals surface area contributed by atoms with E-state index in [2.05, 4.69) is 30.4 Å². The maximum atomic E-state index is 8.77. The molecular weight excluding hydrogens is 260 g/mol. The van der Waals surface area contributed by atoms with Crippen LogP contribution in [0.3, 0.4) is 0 Å². The molecule has 3 heteroatoms. The molecule has 0 aliphatic carbocycles. The Labute approximate surface area is 126 Å². The number of hydrogen-bond acceptors (Lipinski definition) is 3. The molecule has 108 valence electrons. The predicted octanol–water partition coefficient (Wildman–Crippen LogP) is 3.29. The SMILES string of the molecule is COc1ccc(CC(C)NCc2ccc(C#N)cc2)cc1. The normalized spacial score (nSPS) is 11.7. The van der Waals surface area contributed by atoms with Gasteiger partial charge in [0.25, 0.3) is 0 Å². The van der Waals surface area contributed by atoms with Gasteiger partial charge in [-0.1, -0.05) is 24.3 Å². The molecule has 0 heterocycles. The number of methoxy groups -OCH3 is 1. The highest BCUT2D eigenvalue weighted by molar-refractivity contribution is 5.31. The third-order valence-electron chi connectivity index (χ3n) is 3.44. The minimum absolute atomic E-state index is 0.383. The van der Waals surface area contributed by atoms with Crippen molar-refractivity contribution in [3.8, 4) is 11.8 Å². The van der Waals surface area contributed by atoms with Crippen LogP contribution in [-0.2, 0) is 13.0 Å². The molecule has 0 bridgehead atoms. The van der Waals surface area contributed by atoms with Gasteiger partial charge in [-0.3, -0.25) is 0 Å². The molecule has 21 heavy (non-hydrogen) atoms. The fourth-order valence-corrected chi connectivity index (χ4v) is 2.18. The molecule has 1 unspecified atom stereocenters. The number of ether oxygens (including phenoxy) is 1. The zero-order valence-corrected chi connectivity index (χ0v) is 12.5. The lowest BCUT2D eigenvalue weighted by atomic mass is 10.1. The van der Waals surface area contributed by atoms with E-state index in [1.807, 2.05) is 36.4 Å². The molecule has 0 spiro atoms. The number of benzene rings is 2. The first-order valence-electron chi connectivity index (χ1n) is 7.06. The molecule has 0 aliphatic heterocycles. The zero-order chi connectivity index (χ0) is 15.1. The quantitative estimate of drug-likeness (QED) is 0.883. The van der Waals surface area contributed by atoms with Crippen molar-refractivity contribution in [1.82, 2.24) is 5.32 Å². The Kier molecular flexibility index (Phi) is 5.36. The van der Waals surface area contributed by atoms with Crippen LogP contribution in [-0.4, -0.2) is 13.2 Å². The summed E-state index contributed by atoms with van der Waals surface area (Å²) in [4.78, 5) is 0. The van der Waals surface area contributed by atoms with Gasteiger partial charge in [0.1, 0.15) is 5.75 Å². The van der Waals surface area contributed by atoms with Crippen molar-refractivity contribution in [3.63, 3.8) is 0 Å². The number of rotatable bonds is 6. The van der Waals surface area contributed by atoms with Crippen molar-refractivity contribution in [3.05, 3.63) is 65.2 Å². The first-order valence-corrected chi connectivity index (χ1v) is 7.06. The smallest absolute Gasteiger partial charge is 0.118 e.